The third-order valence-corrected chi connectivity index (χ3v) is 12.5. The molecule has 4 aromatic rings. The van der Waals surface area contributed by atoms with Crippen molar-refractivity contribution in [2.75, 3.05) is 12.8 Å². The average Bonchev–Trinajstić information content (AvgIpc) is 3.36. The van der Waals surface area contributed by atoms with Gasteiger partial charge in [-0.3, -0.25) is 4.79 Å². The number of fused-ring (bicyclic) bond motifs is 8. The normalized spacial score (nSPS) is 24.4. The van der Waals surface area contributed by atoms with Crippen molar-refractivity contribution in [1.29, 1.82) is 0 Å². The molecule has 1 saturated carbocycles. The van der Waals surface area contributed by atoms with Gasteiger partial charge >= 0.3 is 0 Å². The van der Waals surface area contributed by atoms with E-state index in [4.69, 9.17) is 0 Å². The quantitative estimate of drug-likeness (QED) is 0.144. The molecule has 4 aromatic carbocycles. The predicted octanol–water partition coefficient (Wildman–Crippen LogP) is 8.08. The number of aliphatic hydroxyl groups is 2. The Morgan fingerprint density at radius 2 is 1.56 bits per heavy atom. The number of sulfonamides is 1. The minimum absolute atomic E-state index is 0.0409. The second-order valence-electron chi connectivity index (χ2n) is 14.7. The van der Waals surface area contributed by atoms with Crippen molar-refractivity contribution in [2.24, 2.45) is 5.41 Å². The highest BCUT2D eigenvalue weighted by molar-refractivity contribution is 7.88. The fourth-order valence-corrected chi connectivity index (χ4v) is 9.09. The van der Waals surface area contributed by atoms with Crippen LogP contribution in [0.2, 0.25) is 0 Å². The van der Waals surface area contributed by atoms with Crippen molar-refractivity contribution in [3.8, 4) is 11.1 Å². The maximum atomic E-state index is 14.9. The molecule has 7 heteroatoms. The standard InChI is InChI=1S/C43H49NO5S/c1-31-13-12-25-42(2)40(24-26-43(42,47)30-44(50(3,48)49)29-32-14-6-4-7-15-32)37-23-21-33(27-35(45)22-20-31)28-39(37)41(46)38-19-11-10-18-36(38)34-16-8-5-9-17-34/h4-11,13-19,21,23,28,35,40,45,47H,12,20,22,24-27,29-30H2,1-3H3. The molecule has 4 unspecified atom stereocenters. The molecule has 1 fully saturated rings. The minimum atomic E-state index is -3.67. The van der Waals surface area contributed by atoms with Crippen molar-refractivity contribution >= 4 is 15.8 Å². The monoisotopic (exact) mass is 691 g/mol. The highest BCUT2D eigenvalue weighted by atomic mass is 32.2. The lowest BCUT2D eigenvalue weighted by Gasteiger charge is -2.45. The summed E-state index contributed by atoms with van der Waals surface area (Å²) in [5, 5.41) is 23.8. The number of carbonyl (C=O) groups excluding carboxylic acids is 1. The van der Waals surface area contributed by atoms with Gasteiger partial charge < -0.3 is 10.2 Å². The Bertz CT molecular complexity index is 1960. The second kappa shape index (κ2) is 14.8. The molecule has 3 aliphatic carbocycles. The van der Waals surface area contributed by atoms with Crippen LogP contribution in [-0.4, -0.2) is 53.2 Å². The summed E-state index contributed by atoms with van der Waals surface area (Å²) in [4.78, 5) is 14.9. The van der Waals surface area contributed by atoms with E-state index in [1.54, 1.807) is 0 Å². The number of rotatable bonds is 8. The van der Waals surface area contributed by atoms with Crippen LogP contribution in [0.4, 0.5) is 0 Å². The summed E-state index contributed by atoms with van der Waals surface area (Å²) < 4.78 is 27.9. The molecule has 0 aliphatic heterocycles. The maximum absolute atomic E-state index is 14.9. The van der Waals surface area contributed by atoms with Crippen LogP contribution in [0.5, 0.6) is 0 Å². The van der Waals surface area contributed by atoms with Gasteiger partial charge in [0.2, 0.25) is 10.0 Å². The Hall–Kier alpha value is -3.88. The number of allylic oxidation sites excluding steroid dienone is 2. The minimum Gasteiger partial charge on any atom is -0.393 e. The lowest BCUT2D eigenvalue weighted by atomic mass is 9.64. The Morgan fingerprint density at radius 1 is 0.880 bits per heavy atom. The first-order valence-corrected chi connectivity index (χ1v) is 19.6. The smallest absolute Gasteiger partial charge is 0.211 e. The fraction of sp³-hybridized carbons (Fsp3) is 0.372. The zero-order valence-electron chi connectivity index (χ0n) is 29.4. The van der Waals surface area contributed by atoms with E-state index in [2.05, 4.69) is 19.9 Å². The van der Waals surface area contributed by atoms with E-state index in [-0.39, 0.29) is 24.8 Å². The first-order valence-electron chi connectivity index (χ1n) is 17.7. The molecule has 4 atom stereocenters. The number of nitrogens with zero attached hydrogens (tertiary/aromatic N) is 1. The number of hydrogen-bond donors (Lipinski definition) is 2. The van der Waals surface area contributed by atoms with Crippen LogP contribution in [0.25, 0.3) is 11.1 Å². The Morgan fingerprint density at radius 3 is 2.28 bits per heavy atom. The van der Waals surface area contributed by atoms with Crippen molar-refractivity contribution in [3.63, 3.8) is 0 Å². The molecule has 50 heavy (non-hydrogen) atoms. The largest absolute Gasteiger partial charge is 0.393 e. The van der Waals surface area contributed by atoms with Crippen LogP contribution in [0, 0.1) is 5.41 Å². The Kier molecular flexibility index (Phi) is 10.6. The topological polar surface area (TPSA) is 94.9 Å². The molecular formula is C43H49NO5S. The first kappa shape index (κ1) is 35.9. The van der Waals surface area contributed by atoms with Crippen LogP contribution < -0.4 is 0 Å². The number of hydrogen-bond acceptors (Lipinski definition) is 5. The van der Waals surface area contributed by atoms with E-state index in [1.807, 2.05) is 103 Å². The van der Waals surface area contributed by atoms with Gasteiger partial charge in [0, 0.05) is 29.6 Å². The third-order valence-electron chi connectivity index (χ3n) is 11.3. The predicted molar refractivity (Wildman–Crippen MR) is 200 cm³/mol. The summed E-state index contributed by atoms with van der Waals surface area (Å²) in [6.45, 7) is 4.30. The Labute approximate surface area is 297 Å². The van der Waals surface area contributed by atoms with Gasteiger partial charge in [-0.15, -0.1) is 0 Å². The molecule has 2 N–H and O–H groups in total. The number of ketones is 1. The molecule has 0 spiro atoms. The highest BCUT2D eigenvalue weighted by Gasteiger charge is 2.58. The summed E-state index contributed by atoms with van der Waals surface area (Å²) in [7, 11) is -3.67. The lowest BCUT2D eigenvalue weighted by Crippen LogP contribution is -2.53. The van der Waals surface area contributed by atoms with Crippen LogP contribution >= 0.6 is 0 Å². The maximum Gasteiger partial charge on any atom is 0.211 e. The third kappa shape index (κ3) is 7.57. The molecule has 3 aliphatic rings. The molecule has 2 bridgehead atoms. The van der Waals surface area contributed by atoms with E-state index in [0.717, 1.165) is 34.2 Å². The van der Waals surface area contributed by atoms with Gasteiger partial charge in [0.25, 0.3) is 0 Å². The van der Waals surface area contributed by atoms with Crippen LogP contribution in [0.3, 0.4) is 0 Å². The number of benzene rings is 4. The van der Waals surface area contributed by atoms with Gasteiger partial charge in [0.15, 0.2) is 5.78 Å². The summed E-state index contributed by atoms with van der Waals surface area (Å²) >= 11 is 0. The molecule has 0 aromatic heterocycles. The lowest BCUT2D eigenvalue weighted by molar-refractivity contribution is -0.0731. The molecular weight excluding hydrogens is 643 g/mol. The summed E-state index contributed by atoms with van der Waals surface area (Å²) in [6, 6.07) is 33.1. The zero-order chi connectivity index (χ0) is 35.5. The number of carbonyl (C=O) groups is 1. The van der Waals surface area contributed by atoms with Crippen LogP contribution in [0.1, 0.15) is 90.9 Å². The van der Waals surface area contributed by atoms with E-state index >= 15 is 0 Å². The van der Waals surface area contributed by atoms with Gasteiger partial charge in [0.1, 0.15) is 0 Å². The zero-order valence-corrected chi connectivity index (χ0v) is 30.2. The molecule has 6 nitrogen and oxygen atoms in total. The van der Waals surface area contributed by atoms with Gasteiger partial charge in [-0.2, -0.15) is 4.31 Å². The number of aliphatic hydroxyl groups excluding tert-OH is 1. The Balaban J connectivity index is 1.47. The van der Waals surface area contributed by atoms with Crippen molar-refractivity contribution in [2.45, 2.75) is 83.0 Å². The van der Waals surface area contributed by atoms with E-state index < -0.39 is 27.1 Å². The second-order valence-corrected chi connectivity index (χ2v) is 16.7. The summed E-state index contributed by atoms with van der Waals surface area (Å²) in [6.07, 6.45) is 6.94. The van der Waals surface area contributed by atoms with Gasteiger partial charge in [-0.25, -0.2) is 8.42 Å². The van der Waals surface area contributed by atoms with Crippen LogP contribution in [0.15, 0.2) is 115 Å². The van der Waals surface area contributed by atoms with Crippen molar-refractivity contribution in [1.82, 2.24) is 4.31 Å². The molecule has 7 rings (SSSR count). The van der Waals surface area contributed by atoms with E-state index in [9.17, 15) is 23.4 Å². The van der Waals surface area contributed by atoms with Crippen molar-refractivity contribution < 1.29 is 23.4 Å². The summed E-state index contributed by atoms with van der Waals surface area (Å²) in [5.41, 5.74) is 4.65. The first-order chi connectivity index (χ1) is 23.9. The van der Waals surface area contributed by atoms with Gasteiger partial charge in [-0.1, -0.05) is 116 Å². The fourth-order valence-electron chi connectivity index (χ4n) is 8.26. The molecule has 0 heterocycles. The molecule has 0 amide bonds. The van der Waals surface area contributed by atoms with E-state index in [0.29, 0.717) is 49.7 Å². The highest BCUT2D eigenvalue weighted by Crippen LogP contribution is 2.59. The van der Waals surface area contributed by atoms with Crippen molar-refractivity contribution in [3.05, 3.63) is 143 Å². The van der Waals surface area contributed by atoms with E-state index in [1.165, 1.54) is 16.1 Å². The summed E-state index contributed by atoms with van der Waals surface area (Å²) in [5.74, 6) is -0.317. The molecule has 0 radical (unpaired) electrons. The average molecular weight is 692 g/mol. The SMILES string of the molecule is CC1=CCCC2(C)C(CCC2(O)CN(Cc2ccccc2)S(C)(=O)=O)c2ccc(cc2C(=O)c2ccccc2-c2ccccc2)CC(O)CC1. The molecule has 262 valence electrons. The molecule has 0 saturated heterocycles. The van der Waals surface area contributed by atoms with Crippen LogP contribution in [-0.2, 0) is 23.0 Å². The van der Waals surface area contributed by atoms with Gasteiger partial charge in [0.05, 0.1) is 18.0 Å². The van der Waals surface area contributed by atoms with Gasteiger partial charge in [-0.05, 0) is 91.7 Å².